The summed E-state index contributed by atoms with van der Waals surface area (Å²) in [6.45, 7) is 70.3. The number of aryl methyl sites for hydroxylation is 3. The van der Waals surface area contributed by atoms with Crippen LogP contribution in [0.25, 0.3) is 34.2 Å². The molecule has 22 rings (SSSR count). The molecule has 144 heavy (non-hydrogen) atoms. The number of benzene rings is 15. The first-order valence-corrected chi connectivity index (χ1v) is 62.8. The van der Waals surface area contributed by atoms with Crippen molar-refractivity contribution >= 4 is 211 Å². The van der Waals surface area contributed by atoms with E-state index in [9.17, 15) is 0 Å². The Labute approximate surface area is 861 Å². The second-order valence-corrected chi connectivity index (χ2v) is 66.7. The molecule has 0 N–H and O–H groups in total. The highest BCUT2D eigenvalue weighted by atomic mass is 28.3. The second kappa shape index (κ2) is 33.5. The molecule has 6 aliphatic rings. The van der Waals surface area contributed by atoms with E-state index in [4.69, 9.17) is 15.0 Å². The van der Waals surface area contributed by atoms with Gasteiger partial charge in [0, 0.05) is 119 Å². The van der Waals surface area contributed by atoms with Crippen LogP contribution in [-0.2, 0) is 32.5 Å². The smallest absolute Gasteiger partial charge is 0.252 e. The van der Waals surface area contributed by atoms with Crippen molar-refractivity contribution in [2.45, 2.75) is 237 Å². The molecule has 7 heterocycles. The summed E-state index contributed by atoms with van der Waals surface area (Å²) in [7, 11) is -5.23. The van der Waals surface area contributed by atoms with Crippen LogP contribution in [0.2, 0.25) is 58.9 Å². The Morgan fingerprint density at radius 3 is 0.535 bits per heavy atom. The van der Waals surface area contributed by atoms with Gasteiger partial charge in [0.2, 0.25) is 0 Å². The maximum absolute atomic E-state index is 6.13. The van der Waals surface area contributed by atoms with Crippen LogP contribution < -0.4 is 94.1 Å². The van der Waals surface area contributed by atoms with Crippen LogP contribution in [0.15, 0.2) is 291 Å². The van der Waals surface area contributed by atoms with Crippen LogP contribution in [0.3, 0.4) is 0 Å². The molecule has 0 bridgehead atoms. The number of fused-ring (bicyclic) bond motifs is 12. The van der Waals surface area contributed by atoms with Crippen LogP contribution in [0.4, 0.5) is 102 Å². The first-order valence-electron chi connectivity index (χ1n) is 52.3. The van der Waals surface area contributed by atoms with Gasteiger partial charge in [0.25, 0.3) is 20.1 Å². The Hall–Kier alpha value is -13.0. The number of rotatable bonds is 12. The van der Waals surface area contributed by atoms with Crippen LogP contribution in [0, 0.1) is 20.8 Å². The normalized spacial score (nSPS) is 14.3. The van der Waals surface area contributed by atoms with Gasteiger partial charge in [-0.1, -0.05) is 327 Å². The quantitative estimate of drug-likeness (QED) is 0.111. The van der Waals surface area contributed by atoms with Crippen molar-refractivity contribution in [1.82, 2.24) is 15.0 Å². The van der Waals surface area contributed by atoms with E-state index in [2.05, 4.69) is 525 Å². The number of anilines is 18. The minimum atomic E-state index is -1.74. The highest BCUT2D eigenvalue weighted by Crippen LogP contribution is 2.53. The van der Waals surface area contributed by atoms with Crippen molar-refractivity contribution in [3.8, 4) is 34.2 Å². The molecule has 6 aliphatic heterocycles. The Kier molecular flexibility index (Phi) is 22.3. The Morgan fingerprint density at radius 1 is 0.188 bits per heavy atom. The lowest BCUT2D eigenvalue weighted by Gasteiger charge is -2.45. The largest absolute Gasteiger partial charge is 0.311 e. The molecular formula is C129H138B3N9Si3. The first-order chi connectivity index (χ1) is 67.8. The molecule has 0 spiro atoms. The lowest BCUT2D eigenvalue weighted by molar-refractivity contribution is 0.590. The first kappa shape index (κ1) is 95.8. The maximum Gasteiger partial charge on any atom is 0.252 e. The summed E-state index contributed by atoms with van der Waals surface area (Å²) in [5.74, 6) is 1.77. The summed E-state index contributed by atoms with van der Waals surface area (Å²) in [6.07, 6.45) is 0. The van der Waals surface area contributed by atoms with Gasteiger partial charge in [-0.3, -0.25) is 0 Å². The fourth-order valence-corrected chi connectivity index (χ4v) is 26.8. The van der Waals surface area contributed by atoms with Crippen LogP contribution in [-0.4, -0.2) is 59.3 Å². The van der Waals surface area contributed by atoms with E-state index < -0.39 is 24.2 Å². The van der Waals surface area contributed by atoms with Crippen molar-refractivity contribution < 1.29 is 0 Å². The molecular weight excluding hydrogens is 1790 g/mol. The van der Waals surface area contributed by atoms with Crippen LogP contribution >= 0.6 is 0 Å². The number of aromatic nitrogens is 3. The van der Waals surface area contributed by atoms with Gasteiger partial charge in [0.1, 0.15) is 0 Å². The van der Waals surface area contributed by atoms with E-state index in [1.807, 2.05) is 0 Å². The fraction of sp³-hybridized carbons (Fsp3) is 0.279. The van der Waals surface area contributed by atoms with E-state index in [1.54, 1.807) is 0 Å². The zero-order valence-electron chi connectivity index (χ0n) is 90.5. The van der Waals surface area contributed by atoms with Crippen molar-refractivity contribution in [1.29, 1.82) is 0 Å². The van der Waals surface area contributed by atoms with Crippen molar-refractivity contribution in [3.05, 3.63) is 341 Å². The monoisotopic (exact) mass is 1930 g/mol. The van der Waals surface area contributed by atoms with E-state index in [0.29, 0.717) is 17.5 Å². The summed E-state index contributed by atoms with van der Waals surface area (Å²) < 4.78 is 0. The molecule has 0 saturated carbocycles. The summed E-state index contributed by atoms with van der Waals surface area (Å²) in [6, 6.07) is 115. The molecule has 720 valence electrons. The van der Waals surface area contributed by atoms with Gasteiger partial charge in [-0.15, -0.1) is 0 Å². The lowest BCUT2D eigenvalue weighted by Crippen LogP contribution is -2.61. The molecule has 0 unspecified atom stereocenters. The predicted octanol–water partition coefficient (Wildman–Crippen LogP) is 27.5. The van der Waals surface area contributed by atoms with E-state index >= 15 is 0 Å². The third-order valence-electron chi connectivity index (χ3n) is 31.6. The average molecular weight is 1930 g/mol. The van der Waals surface area contributed by atoms with Gasteiger partial charge in [-0.25, -0.2) is 15.0 Å². The van der Waals surface area contributed by atoms with Crippen molar-refractivity contribution in [2.75, 3.05) is 29.4 Å². The molecule has 15 heteroatoms. The maximum atomic E-state index is 6.13. The molecule has 0 saturated heterocycles. The van der Waals surface area contributed by atoms with Gasteiger partial charge in [0.15, 0.2) is 17.5 Å². The lowest BCUT2D eigenvalue weighted by atomic mass is 9.33. The minimum Gasteiger partial charge on any atom is -0.311 e. The van der Waals surface area contributed by atoms with Gasteiger partial charge in [0.05, 0.1) is 24.2 Å². The summed E-state index contributed by atoms with van der Waals surface area (Å²) in [5, 5.41) is 4.26. The van der Waals surface area contributed by atoms with Gasteiger partial charge >= 0.3 is 0 Å². The van der Waals surface area contributed by atoms with Crippen molar-refractivity contribution in [2.24, 2.45) is 0 Å². The van der Waals surface area contributed by atoms with Crippen LogP contribution in [0.1, 0.15) is 175 Å². The molecule has 0 amide bonds. The number of hydrogen-bond acceptors (Lipinski definition) is 9. The third-order valence-corrected chi connectivity index (χ3v) is 37.8. The Bertz CT molecular complexity index is 7120. The van der Waals surface area contributed by atoms with Gasteiger partial charge in [-0.05, 0) is 316 Å². The average Bonchev–Trinajstić information content (AvgIpc) is 0.700. The predicted molar refractivity (Wildman–Crippen MR) is 634 cm³/mol. The summed E-state index contributed by atoms with van der Waals surface area (Å²) >= 11 is 0. The number of hydrogen-bond donors (Lipinski definition) is 0. The Balaban J connectivity index is 0.823. The third kappa shape index (κ3) is 16.4. The molecule has 0 aliphatic carbocycles. The zero-order chi connectivity index (χ0) is 102. The molecule has 9 nitrogen and oxygen atoms in total. The summed E-state index contributed by atoms with van der Waals surface area (Å²) in [4.78, 5) is 33.8. The van der Waals surface area contributed by atoms with Crippen molar-refractivity contribution in [3.63, 3.8) is 0 Å². The minimum absolute atomic E-state index is 0.0367. The Morgan fingerprint density at radius 2 is 0.354 bits per heavy atom. The molecule has 0 atom stereocenters. The number of nitrogens with zero attached hydrogens (tertiary/aromatic N) is 9. The fourth-order valence-electron chi connectivity index (χ4n) is 23.3. The highest BCUT2D eigenvalue weighted by molar-refractivity contribution is 7.02. The standard InChI is InChI=1S/C129H138B3N9Si3/c1-79-67-112-118-115(70-79)139(94-49-55-97(56-50-94)142(22,23)24)106-61-31-82(73-100(106)130(118)103-76-88(127(13,14)15)40-64-109(103)136(112)91-43-34-85(35-44-91)124(4,5)6)121-133-122(83-32-62-107-101(74-83)131-104-77-89(128(16,17)18)41-65-110(104)137(92-45-36-86(37-46-92)125(7,8)9)113-68-80(2)71-116(119(113)131)140(107)95-51-57-98(58-52-95)143(25,26)27)135-123(134-121)84-33-63-108-102(75-84)132-105-78-90(129(19,20)21)42-66-111(105)138(93-47-38-87(39-48-93)126(10,11)12)114-69-81(3)72-117(120(114)132)141(108)96-53-59-99(60-54-96)144(28,29)30/h31-78H,1-30H3. The summed E-state index contributed by atoms with van der Waals surface area (Å²) in [5.41, 5.74) is 45.2. The van der Waals surface area contributed by atoms with E-state index in [0.717, 1.165) is 67.9 Å². The van der Waals surface area contributed by atoms with Crippen LogP contribution in [0.5, 0.6) is 0 Å². The topological polar surface area (TPSA) is 58.1 Å². The molecule has 0 radical (unpaired) electrons. The van der Waals surface area contributed by atoms with E-state index in [1.165, 1.54) is 166 Å². The molecule has 0 fully saturated rings. The molecule has 15 aromatic carbocycles. The molecule has 16 aromatic rings. The van der Waals surface area contributed by atoms with Gasteiger partial charge in [-0.2, -0.15) is 0 Å². The molecule has 1 aromatic heterocycles. The highest BCUT2D eigenvalue weighted by Gasteiger charge is 2.50. The SMILES string of the molecule is Cc1cc2c3c(c1)N(c1ccc(C(C)(C)C)cc1)c1ccc(C(C)(C)C)cc1B3c1cc(-c3nc(-c4ccc5c(c4)B4c6cc(C(C)(C)C)ccc6N(c6ccc(C(C)(C)C)cc6)c6cc(C)cc(c64)N5c4ccc([Si](C)(C)C)cc4)nc(-c4ccc5c(c4)B4c6cc(C(C)(C)C)ccc6N(c6ccc(C(C)(C)C)cc6)c6cc(C)cc(c64)N5c4ccc([Si](C)(C)C)cc4)n3)ccc1N2c1ccc([Si](C)(C)C)cc1. The van der Waals surface area contributed by atoms with Gasteiger partial charge < -0.3 is 29.4 Å². The van der Waals surface area contributed by atoms with E-state index in [-0.39, 0.29) is 52.6 Å². The zero-order valence-corrected chi connectivity index (χ0v) is 93.5. The second-order valence-electron chi connectivity index (χ2n) is 51.4.